The van der Waals surface area contributed by atoms with E-state index in [1.807, 2.05) is 6.07 Å². The van der Waals surface area contributed by atoms with Gasteiger partial charge in [0.1, 0.15) is 27.9 Å². The minimum absolute atomic E-state index is 0.497. The smallest absolute Gasteiger partial charge is 0.417 e. The molecule has 0 saturated carbocycles. The van der Waals surface area contributed by atoms with Gasteiger partial charge in [0, 0.05) is 34.5 Å². The van der Waals surface area contributed by atoms with E-state index in [1.54, 1.807) is 0 Å². The summed E-state index contributed by atoms with van der Waals surface area (Å²) < 4.78 is 11.5. The Kier molecular flexibility index (Phi) is 3.22. The standard InChI is InChI=1S/C31H22N2O/c1-19-17-27-29-25(15-14-22-21-9-4-6-13-28(21)34-30(22)29)31(33(27)18-20(19)2)24-11-5-3-10-23(24)26-12-7-8-16-32(26)31/h3-18H,1-2H3/q+2. The van der Waals surface area contributed by atoms with E-state index < -0.39 is 5.66 Å². The normalized spacial score (nSPS) is 17.2. The van der Waals surface area contributed by atoms with Crippen LogP contribution in [0.2, 0.25) is 0 Å². The first kappa shape index (κ1) is 18.2. The number of rotatable bonds is 0. The molecule has 0 saturated heterocycles. The lowest BCUT2D eigenvalue weighted by Gasteiger charge is -2.17. The van der Waals surface area contributed by atoms with Gasteiger partial charge in [-0.2, -0.15) is 0 Å². The molecule has 2 aliphatic rings. The summed E-state index contributed by atoms with van der Waals surface area (Å²) >= 11 is 0. The number of hydrogen-bond acceptors (Lipinski definition) is 1. The summed E-state index contributed by atoms with van der Waals surface area (Å²) in [6.07, 6.45) is 4.55. The summed E-state index contributed by atoms with van der Waals surface area (Å²) in [5.74, 6) is 0. The fourth-order valence-corrected chi connectivity index (χ4v) is 6.28. The number of benzene rings is 3. The molecule has 0 radical (unpaired) electrons. The number of para-hydroxylation sites is 1. The zero-order valence-corrected chi connectivity index (χ0v) is 19.0. The number of fused-ring (bicyclic) bond motifs is 14. The Morgan fingerprint density at radius 3 is 2.44 bits per heavy atom. The first-order valence-electron chi connectivity index (χ1n) is 11.8. The number of hydrogen-bond donors (Lipinski definition) is 0. The molecule has 160 valence electrons. The molecule has 3 aromatic heterocycles. The molecule has 0 N–H and O–H groups in total. The lowest BCUT2D eigenvalue weighted by molar-refractivity contribution is -0.955. The molecule has 0 bridgehead atoms. The van der Waals surface area contributed by atoms with Crippen LogP contribution in [0.3, 0.4) is 0 Å². The lowest BCUT2D eigenvalue weighted by atomic mass is 9.89. The maximum Gasteiger partial charge on any atom is 0.417 e. The highest BCUT2D eigenvalue weighted by Crippen LogP contribution is 2.50. The molecule has 3 nitrogen and oxygen atoms in total. The highest BCUT2D eigenvalue weighted by atomic mass is 16.3. The maximum absolute atomic E-state index is 6.58. The third-order valence-corrected chi connectivity index (χ3v) is 7.87. The van der Waals surface area contributed by atoms with Gasteiger partial charge in [-0.05, 0) is 55.8 Å². The first-order valence-corrected chi connectivity index (χ1v) is 11.8. The quantitative estimate of drug-likeness (QED) is 0.265. The molecule has 3 heteroatoms. The third kappa shape index (κ3) is 1.92. The second-order valence-electron chi connectivity index (χ2n) is 9.53. The van der Waals surface area contributed by atoms with Crippen LogP contribution in [0, 0.1) is 13.8 Å². The van der Waals surface area contributed by atoms with Gasteiger partial charge in [-0.15, -0.1) is 9.13 Å². The molecule has 34 heavy (non-hydrogen) atoms. The van der Waals surface area contributed by atoms with Crippen LogP contribution >= 0.6 is 0 Å². The molecule has 3 aromatic carbocycles. The molecular formula is C31H22N2O+2. The molecule has 2 aliphatic heterocycles. The predicted molar refractivity (Wildman–Crippen MR) is 132 cm³/mol. The van der Waals surface area contributed by atoms with Crippen LogP contribution in [0.25, 0.3) is 44.5 Å². The van der Waals surface area contributed by atoms with E-state index in [-0.39, 0.29) is 0 Å². The van der Waals surface area contributed by atoms with Crippen LogP contribution in [0.15, 0.2) is 102 Å². The van der Waals surface area contributed by atoms with Crippen molar-refractivity contribution in [2.75, 3.05) is 0 Å². The molecule has 0 fully saturated rings. The van der Waals surface area contributed by atoms with Gasteiger partial charge in [-0.3, -0.25) is 0 Å². The maximum atomic E-state index is 6.58. The Labute approximate surface area is 197 Å². The van der Waals surface area contributed by atoms with Crippen molar-refractivity contribution in [3.05, 3.63) is 120 Å². The van der Waals surface area contributed by atoms with Crippen LogP contribution in [0.1, 0.15) is 22.3 Å². The van der Waals surface area contributed by atoms with E-state index in [0.29, 0.717) is 0 Å². The van der Waals surface area contributed by atoms with Crippen molar-refractivity contribution in [3.8, 4) is 22.5 Å². The molecule has 5 heterocycles. The third-order valence-electron chi connectivity index (χ3n) is 7.87. The summed E-state index contributed by atoms with van der Waals surface area (Å²) in [5, 5.41) is 2.33. The fraction of sp³-hybridized carbons (Fsp3) is 0.0968. The van der Waals surface area contributed by atoms with Crippen LogP contribution in [-0.4, -0.2) is 0 Å². The van der Waals surface area contributed by atoms with E-state index in [0.717, 1.165) is 16.6 Å². The minimum atomic E-state index is -0.497. The van der Waals surface area contributed by atoms with Crippen molar-refractivity contribution >= 4 is 21.9 Å². The van der Waals surface area contributed by atoms with Crippen LogP contribution in [0.4, 0.5) is 0 Å². The van der Waals surface area contributed by atoms with E-state index in [1.165, 1.54) is 50.2 Å². The molecule has 0 amide bonds. The van der Waals surface area contributed by atoms with E-state index in [2.05, 4.69) is 114 Å². The number of furan rings is 1. The van der Waals surface area contributed by atoms with Crippen LogP contribution in [0.5, 0.6) is 0 Å². The van der Waals surface area contributed by atoms with Gasteiger partial charge in [0.15, 0.2) is 12.4 Å². The Hall–Kier alpha value is -4.24. The number of nitrogens with zero attached hydrogens (tertiary/aromatic N) is 2. The Morgan fingerprint density at radius 2 is 1.50 bits per heavy atom. The zero-order chi connectivity index (χ0) is 22.6. The van der Waals surface area contributed by atoms with Crippen LogP contribution in [-0.2, 0) is 5.66 Å². The van der Waals surface area contributed by atoms with Gasteiger partial charge < -0.3 is 4.42 Å². The Balaban J connectivity index is 1.63. The van der Waals surface area contributed by atoms with Gasteiger partial charge >= 0.3 is 5.66 Å². The summed E-state index contributed by atoms with van der Waals surface area (Å²) in [6, 6.07) is 30.6. The summed E-state index contributed by atoms with van der Waals surface area (Å²) in [4.78, 5) is 0. The largest absolute Gasteiger partial charge is 0.455 e. The minimum Gasteiger partial charge on any atom is -0.455 e. The highest BCUT2D eigenvalue weighted by Gasteiger charge is 2.67. The van der Waals surface area contributed by atoms with Crippen molar-refractivity contribution in [1.29, 1.82) is 0 Å². The SMILES string of the molecule is Cc1cc2[n+](cc1C)C1(c3ccccc3-c3cccc[n+]31)c1ccc3c(oc4ccccc43)c1-2. The van der Waals surface area contributed by atoms with Crippen molar-refractivity contribution in [2.45, 2.75) is 19.5 Å². The summed E-state index contributed by atoms with van der Waals surface area (Å²) in [7, 11) is 0. The highest BCUT2D eigenvalue weighted by molar-refractivity contribution is 6.10. The second kappa shape index (κ2) is 6.00. The van der Waals surface area contributed by atoms with Gasteiger partial charge in [-0.1, -0.05) is 30.3 Å². The Bertz CT molecular complexity index is 1800. The number of pyridine rings is 2. The predicted octanol–water partition coefficient (Wildman–Crippen LogP) is 6.04. The summed E-state index contributed by atoms with van der Waals surface area (Å²) in [6.45, 7) is 4.40. The second-order valence-corrected chi connectivity index (χ2v) is 9.53. The average molecular weight is 439 g/mol. The molecule has 6 aromatic rings. The molecule has 0 aliphatic carbocycles. The van der Waals surface area contributed by atoms with E-state index in [4.69, 9.17) is 4.42 Å². The number of aromatic nitrogens is 2. The Morgan fingerprint density at radius 1 is 0.676 bits per heavy atom. The van der Waals surface area contributed by atoms with E-state index in [9.17, 15) is 0 Å². The van der Waals surface area contributed by atoms with Crippen LogP contribution < -0.4 is 9.13 Å². The monoisotopic (exact) mass is 438 g/mol. The summed E-state index contributed by atoms with van der Waals surface area (Å²) in [5.41, 5.74) is 11.4. The van der Waals surface area contributed by atoms with Crippen molar-refractivity contribution in [3.63, 3.8) is 0 Å². The van der Waals surface area contributed by atoms with Crippen molar-refractivity contribution < 1.29 is 13.6 Å². The zero-order valence-electron chi connectivity index (χ0n) is 19.0. The van der Waals surface area contributed by atoms with Gasteiger partial charge in [-0.25, -0.2) is 0 Å². The van der Waals surface area contributed by atoms with E-state index >= 15 is 0 Å². The van der Waals surface area contributed by atoms with Crippen molar-refractivity contribution in [1.82, 2.24) is 0 Å². The molecule has 8 rings (SSSR count). The van der Waals surface area contributed by atoms with Gasteiger partial charge in [0.2, 0.25) is 11.4 Å². The molecular weight excluding hydrogens is 416 g/mol. The molecule has 1 spiro atoms. The molecule has 1 atom stereocenters. The lowest BCUT2D eigenvalue weighted by Crippen LogP contribution is -2.71. The topological polar surface area (TPSA) is 20.9 Å². The fourth-order valence-electron chi connectivity index (χ4n) is 6.28. The van der Waals surface area contributed by atoms with Gasteiger partial charge in [0.05, 0.1) is 5.56 Å². The molecule has 1 unspecified atom stereocenters. The van der Waals surface area contributed by atoms with Gasteiger partial charge in [0.25, 0.3) is 0 Å². The first-order chi connectivity index (χ1) is 16.7. The average Bonchev–Trinajstić information content (AvgIpc) is 3.48. The number of aryl methyl sites for hydroxylation is 2. The van der Waals surface area contributed by atoms with Crippen molar-refractivity contribution in [2.24, 2.45) is 0 Å².